The Kier molecular flexibility index (Phi) is 5.17. The highest BCUT2D eigenvalue weighted by Gasteiger charge is 2.23. The van der Waals surface area contributed by atoms with E-state index in [0.717, 1.165) is 15.8 Å². The summed E-state index contributed by atoms with van der Waals surface area (Å²) in [4.78, 5) is 8.14. The van der Waals surface area contributed by atoms with Crippen LogP contribution in [-0.4, -0.2) is 29.9 Å². The molecule has 7 nitrogen and oxygen atoms in total. The molecule has 0 spiro atoms. The monoisotopic (exact) mass is 433 g/mol. The van der Waals surface area contributed by atoms with E-state index < -0.39 is 12.1 Å². The van der Waals surface area contributed by atoms with Crippen molar-refractivity contribution in [3.05, 3.63) is 64.5 Å². The molecule has 0 bridgehead atoms. The van der Waals surface area contributed by atoms with Gasteiger partial charge in [-0.2, -0.15) is 10.2 Å². The molecule has 4 rings (SSSR count). The second kappa shape index (κ2) is 7.79. The maximum Gasteiger partial charge on any atom is 0.282 e. The fraction of sp³-hybridized carbons (Fsp3) is 0.158. The normalized spacial score (nSPS) is 11.3. The van der Waals surface area contributed by atoms with Crippen LogP contribution in [0, 0.1) is 19.7 Å². The van der Waals surface area contributed by atoms with E-state index in [1.807, 2.05) is 6.92 Å². The molecule has 0 aliphatic carbocycles. The van der Waals surface area contributed by atoms with Crippen molar-refractivity contribution in [2.75, 3.05) is 5.32 Å². The van der Waals surface area contributed by atoms with Gasteiger partial charge in [0.25, 0.3) is 6.43 Å². The van der Waals surface area contributed by atoms with Crippen LogP contribution in [0.2, 0.25) is 5.02 Å². The molecule has 3 aromatic heterocycles. The van der Waals surface area contributed by atoms with Gasteiger partial charge in [0.05, 0.1) is 16.4 Å². The molecule has 4 aromatic rings. The molecule has 154 valence electrons. The van der Waals surface area contributed by atoms with Crippen LogP contribution in [0.3, 0.4) is 0 Å². The zero-order valence-electron chi connectivity index (χ0n) is 15.8. The fourth-order valence-electron chi connectivity index (χ4n) is 2.96. The number of hydrogen-bond donors (Lipinski definition) is 2. The Bertz CT molecular complexity index is 1200. The minimum absolute atomic E-state index is 0.106. The van der Waals surface area contributed by atoms with Gasteiger partial charge in [-0.1, -0.05) is 11.6 Å². The summed E-state index contributed by atoms with van der Waals surface area (Å²) in [6.45, 7) is 3.37. The van der Waals surface area contributed by atoms with Gasteiger partial charge in [0.1, 0.15) is 23.7 Å². The number of aromatic amines is 1. The van der Waals surface area contributed by atoms with Crippen LogP contribution in [-0.2, 0) is 0 Å². The lowest BCUT2D eigenvalue weighted by atomic mass is 10.1. The first-order chi connectivity index (χ1) is 14.3. The Morgan fingerprint density at radius 3 is 2.57 bits per heavy atom. The van der Waals surface area contributed by atoms with Gasteiger partial charge in [0, 0.05) is 17.2 Å². The van der Waals surface area contributed by atoms with Gasteiger partial charge in [-0.15, -0.1) is 0 Å². The van der Waals surface area contributed by atoms with Crippen molar-refractivity contribution in [1.82, 2.24) is 29.9 Å². The Hall–Kier alpha value is -3.40. The average Bonchev–Trinajstić information content (AvgIpc) is 3.23. The molecule has 0 saturated heterocycles. The SMILES string of the molecule is Cc1nn(-c2cc(Nc3n[nH]c(-c4ccc(F)cc4)c3C)ncn2)c(C(F)F)c1Cl. The Morgan fingerprint density at radius 2 is 1.87 bits per heavy atom. The van der Waals surface area contributed by atoms with Crippen molar-refractivity contribution in [3.63, 3.8) is 0 Å². The highest BCUT2D eigenvalue weighted by Crippen LogP contribution is 2.32. The summed E-state index contributed by atoms with van der Waals surface area (Å²) in [6.07, 6.45) is -1.60. The van der Waals surface area contributed by atoms with E-state index in [9.17, 15) is 13.2 Å². The van der Waals surface area contributed by atoms with E-state index >= 15 is 0 Å². The zero-order chi connectivity index (χ0) is 21.4. The van der Waals surface area contributed by atoms with E-state index in [-0.39, 0.29) is 22.4 Å². The maximum absolute atomic E-state index is 13.4. The Morgan fingerprint density at radius 1 is 1.13 bits per heavy atom. The summed E-state index contributed by atoms with van der Waals surface area (Å²) in [6, 6.07) is 7.45. The van der Waals surface area contributed by atoms with Crippen molar-refractivity contribution >= 4 is 23.2 Å². The molecule has 0 aliphatic rings. The molecule has 0 amide bonds. The maximum atomic E-state index is 13.4. The predicted octanol–water partition coefficient (Wildman–Crippen LogP) is 5.14. The number of H-pyrrole nitrogens is 1. The number of hydrogen-bond acceptors (Lipinski definition) is 5. The number of halogens is 4. The zero-order valence-corrected chi connectivity index (χ0v) is 16.5. The summed E-state index contributed by atoms with van der Waals surface area (Å²) >= 11 is 5.96. The van der Waals surface area contributed by atoms with Gasteiger partial charge in [-0.25, -0.2) is 27.8 Å². The Balaban J connectivity index is 1.65. The first kappa shape index (κ1) is 19.9. The van der Waals surface area contributed by atoms with Crippen molar-refractivity contribution in [2.24, 2.45) is 0 Å². The highest BCUT2D eigenvalue weighted by molar-refractivity contribution is 6.31. The lowest BCUT2D eigenvalue weighted by molar-refractivity contribution is 0.142. The number of nitrogens with zero attached hydrogens (tertiary/aromatic N) is 5. The number of nitrogens with one attached hydrogen (secondary N) is 2. The molecule has 2 N–H and O–H groups in total. The molecular formula is C19H15ClF3N7. The Labute approximate surface area is 173 Å². The van der Waals surface area contributed by atoms with Crippen LogP contribution >= 0.6 is 11.6 Å². The van der Waals surface area contributed by atoms with Crippen LogP contribution in [0.5, 0.6) is 0 Å². The number of aromatic nitrogens is 6. The van der Waals surface area contributed by atoms with E-state index in [0.29, 0.717) is 17.3 Å². The third-order valence-corrected chi connectivity index (χ3v) is 4.95. The smallest absolute Gasteiger partial charge is 0.282 e. The topological polar surface area (TPSA) is 84.3 Å². The molecular weight excluding hydrogens is 419 g/mol. The summed E-state index contributed by atoms with van der Waals surface area (Å²) in [5, 5.41) is 14.1. The van der Waals surface area contributed by atoms with E-state index in [2.05, 4.69) is 30.6 Å². The third kappa shape index (κ3) is 3.61. The molecule has 0 saturated carbocycles. The average molecular weight is 434 g/mol. The van der Waals surface area contributed by atoms with Gasteiger partial charge in [-0.05, 0) is 38.1 Å². The predicted molar refractivity (Wildman–Crippen MR) is 106 cm³/mol. The van der Waals surface area contributed by atoms with Crippen LogP contribution in [0.15, 0.2) is 36.7 Å². The number of aryl methyl sites for hydroxylation is 1. The highest BCUT2D eigenvalue weighted by atomic mass is 35.5. The number of anilines is 2. The second-order valence-electron chi connectivity index (χ2n) is 6.46. The summed E-state index contributed by atoms with van der Waals surface area (Å²) in [5.41, 5.74) is 2.08. The first-order valence-electron chi connectivity index (χ1n) is 8.78. The van der Waals surface area contributed by atoms with Crippen LogP contribution in [0.4, 0.5) is 24.8 Å². The molecule has 0 aliphatic heterocycles. The lowest BCUT2D eigenvalue weighted by Gasteiger charge is -2.08. The van der Waals surface area contributed by atoms with Gasteiger partial charge in [0.2, 0.25) is 0 Å². The second-order valence-corrected chi connectivity index (χ2v) is 6.84. The minimum Gasteiger partial charge on any atom is -0.323 e. The number of alkyl halides is 2. The first-order valence-corrected chi connectivity index (χ1v) is 9.16. The van der Waals surface area contributed by atoms with Crippen molar-refractivity contribution in [2.45, 2.75) is 20.3 Å². The van der Waals surface area contributed by atoms with Crippen molar-refractivity contribution < 1.29 is 13.2 Å². The molecule has 11 heteroatoms. The van der Waals surface area contributed by atoms with Crippen LogP contribution < -0.4 is 5.32 Å². The largest absolute Gasteiger partial charge is 0.323 e. The van der Waals surface area contributed by atoms with Crippen molar-refractivity contribution in [3.8, 4) is 17.1 Å². The van der Waals surface area contributed by atoms with E-state index in [4.69, 9.17) is 11.6 Å². The van der Waals surface area contributed by atoms with Crippen LogP contribution in [0.1, 0.15) is 23.4 Å². The quantitative estimate of drug-likeness (QED) is 0.455. The fourth-order valence-corrected chi connectivity index (χ4v) is 3.16. The third-order valence-electron chi connectivity index (χ3n) is 4.49. The van der Waals surface area contributed by atoms with Crippen LogP contribution in [0.25, 0.3) is 17.1 Å². The van der Waals surface area contributed by atoms with Gasteiger partial charge < -0.3 is 5.32 Å². The van der Waals surface area contributed by atoms with Crippen molar-refractivity contribution in [1.29, 1.82) is 0 Å². The van der Waals surface area contributed by atoms with Gasteiger partial charge >= 0.3 is 0 Å². The molecule has 0 atom stereocenters. The number of benzene rings is 1. The standard InChI is InChI=1S/C19H15ClF3N7/c1-9-16(11-3-5-12(21)6-4-11)27-28-19(9)26-13-7-14(25-8-24-13)30-17(18(22)23)15(20)10(2)29-30/h3-8,18H,1-2H3,(H2,24,25,26,27,28). The molecule has 0 fully saturated rings. The van der Waals surface area contributed by atoms with Gasteiger partial charge in [-0.3, -0.25) is 5.10 Å². The molecule has 3 heterocycles. The molecule has 1 aromatic carbocycles. The molecule has 0 radical (unpaired) electrons. The van der Waals surface area contributed by atoms with Gasteiger partial charge in [0.15, 0.2) is 11.6 Å². The number of rotatable bonds is 5. The summed E-state index contributed by atoms with van der Waals surface area (Å²) in [5.74, 6) is 0.595. The van der Waals surface area contributed by atoms with E-state index in [1.165, 1.54) is 31.5 Å². The molecule has 0 unspecified atom stereocenters. The summed E-state index contributed by atoms with van der Waals surface area (Å²) < 4.78 is 41.0. The summed E-state index contributed by atoms with van der Waals surface area (Å²) in [7, 11) is 0. The van der Waals surface area contributed by atoms with E-state index in [1.54, 1.807) is 12.1 Å². The lowest BCUT2D eigenvalue weighted by Crippen LogP contribution is -2.07. The minimum atomic E-state index is -2.82. The molecule has 30 heavy (non-hydrogen) atoms.